The molecule has 0 unspecified atom stereocenters. The monoisotopic (exact) mass is 278 g/mol. The summed E-state index contributed by atoms with van der Waals surface area (Å²) in [5, 5.41) is 0. The van der Waals surface area contributed by atoms with Crippen molar-refractivity contribution >= 4 is 12.1 Å². The molecule has 1 aromatic carbocycles. The van der Waals surface area contributed by atoms with Gasteiger partial charge in [-0.1, -0.05) is 18.2 Å². The summed E-state index contributed by atoms with van der Waals surface area (Å²) in [6.07, 6.45) is 0.218. The van der Waals surface area contributed by atoms with Crippen molar-refractivity contribution in [3.8, 4) is 5.75 Å². The van der Waals surface area contributed by atoms with Crippen molar-refractivity contribution in [3.05, 3.63) is 42.2 Å². The molecule has 0 saturated heterocycles. The number of carbonyl (C=O) groups excluding carboxylic acids is 2. The molecule has 20 heavy (non-hydrogen) atoms. The van der Waals surface area contributed by atoms with Crippen LogP contribution in [0.5, 0.6) is 5.75 Å². The van der Waals surface area contributed by atoms with Crippen molar-refractivity contribution in [2.75, 3.05) is 0 Å². The quantitative estimate of drug-likeness (QED) is 0.367. The lowest BCUT2D eigenvalue weighted by Gasteiger charge is -2.18. The molecule has 0 bridgehead atoms. The van der Waals surface area contributed by atoms with Crippen LogP contribution in [0.25, 0.3) is 0 Å². The van der Waals surface area contributed by atoms with E-state index >= 15 is 0 Å². The topological polar surface area (TPSA) is 61.8 Å². The van der Waals surface area contributed by atoms with Crippen LogP contribution in [-0.2, 0) is 14.3 Å². The van der Waals surface area contributed by atoms with Gasteiger partial charge in [0.25, 0.3) is 0 Å². The summed E-state index contributed by atoms with van der Waals surface area (Å²) in [7, 11) is 0. The van der Waals surface area contributed by atoms with E-state index in [9.17, 15) is 9.59 Å². The minimum atomic E-state index is -0.862. The number of esters is 1. The van der Waals surface area contributed by atoms with Crippen molar-refractivity contribution in [1.82, 2.24) is 0 Å². The first-order valence-electron chi connectivity index (χ1n) is 6.12. The van der Waals surface area contributed by atoms with Crippen LogP contribution in [0, 0.1) is 0 Å². The lowest BCUT2D eigenvalue weighted by molar-refractivity contribution is -0.129. The highest BCUT2D eigenvalue weighted by Crippen LogP contribution is 2.11. The standard InChI is InChI=1S/C15H18O5/c1-11(18-14(17)20-15(2,3)4)10-13(16)19-12-8-6-5-7-9-12/h5-10H,1-4H3. The zero-order chi connectivity index (χ0) is 15.2. The van der Waals surface area contributed by atoms with Crippen LogP contribution in [0.1, 0.15) is 27.7 Å². The Morgan fingerprint density at radius 1 is 1.10 bits per heavy atom. The van der Waals surface area contributed by atoms with E-state index < -0.39 is 17.7 Å². The summed E-state index contributed by atoms with van der Waals surface area (Å²) in [5.41, 5.74) is -0.651. The molecule has 0 aliphatic heterocycles. The zero-order valence-corrected chi connectivity index (χ0v) is 12.0. The number of hydrogen-bond acceptors (Lipinski definition) is 5. The van der Waals surface area contributed by atoms with Gasteiger partial charge in [-0.05, 0) is 39.8 Å². The normalized spacial score (nSPS) is 11.7. The van der Waals surface area contributed by atoms with Gasteiger partial charge >= 0.3 is 12.1 Å². The predicted molar refractivity (Wildman–Crippen MR) is 73.2 cm³/mol. The SMILES string of the molecule is CC(=CC(=O)Oc1ccccc1)OC(=O)OC(C)(C)C. The van der Waals surface area contributed by atoms with Crippen LogP contribution in [-0.4, -0.2) is 17.7 Å². The van der Waals surface area contributed by atoms with Gasteiger partial charge in [0.05, 0.1) is 6.08 Å². The molecule has 0 N–H and O–H groups in total. The highest BCUT2D eigenvalue weighted by Gasteiger charge is 2.18. The van der Waals surface area contributed by atoms with E-state index in [0.29, 0.717) is 5.75 Å². The number of para-hydroxylation sites is 1. The predicted octanol–water partition coefficient (Wildman–Crippen LogP) is 3.45. The summed E-state index contributed by atoms with van der Waals surface area (Å²) >= 11 is 0. The van der Waals surface area contributed by atoms with Crippen molar-refractivity contribution < 1.29 is 23.8 Å². The Morgan fingerprint density at radius 2 is 1.70 bits per heavy atom. The lowest BCUT2D eigenvalue weighted by Crippen LogP contribution is -2.24. The first-order valence-corrected chi connectivity index (χ1v) is 6.12. The van der Waals surface area contributed by atoms with Crippen LogP contribution in [0.3, 0.4) is 0 Å². The number of carbonyl (C=O) groups is 2. The van der Waals surface area contributed by atoms with Crippen molar-refractivity contribution in [2.45, 2.75) is 33.3 Å². The second-order valence-electron chi connectivity index (χ2n) is 5.06. The molecular weight excluding hydrogens is 260 g/mol. The van der Waals surface area contributed by atoms with Gasteiger partial charge < -0.3 is 14.2 Å². The van der Waals surface area contributed by atoms with Crippen LogP contribution < -0.4 is 4.74 Å². The van der Waals surface area contributed by atoms with Crippen LogP contribution >= 0.6 is 0 Å². The third-order valence-corrected chi connectivity index (χ3v) is 1.92. The molecule has 0 saturated carbocycles. The van der Waals surface area contributed by atoms with E-state index in [-0.39, 0.29) is 5.76 Å². The van der Waals surface area contributed by atoms with E-state index in [1.807, 2.05) is 6.07 Å². The maximum Gasteiger partial charge on any atom is 0.514 e. The Morgan fingerprint density at radius 3 is 2.25 bits per heavy atom. The van der Waals surface area contributed by atoms with Crippen molar-refractivity contribution in [2.24, 2.45) is 0 Å². The molecule has 0 spiro atoms. The van der Waals surface area contributed by atoms with E-state index in [0.717, 1.165) is 6.08 Å². The van der Waals surface area contributed by atoms with E-state index in [1.165, 1.54) is 6.92 Å². The van der Waals surface area contributed by atoms with Gasteiger partial charge in [0, 0.05) is 0 Å². The minimum absolute atomic E-state index is 0.0974. The second-order valence-corrected chi connectivity index (χ2v) is 5.06. The molecule has 0 aliphatic rings. The van der Waals surface area contributed by atoms with Gasteiger partial charge in [-0.3, -0.25) is 0 Å². The minimum Gasteiger partial charge on any atom is -0.428 e. The highest BCUT2D eigenvalue weighted by atomic mass is 16.7. The molecule has 108 valence electrons. The number of benzene rings is 1. The number of allylic oxidation sites excluding steroid dienone is 1. The lowest BCUT2D eigenvalue weighted by atomic mass is 10.2. The van der Waals surface area contributed by atoms with Gasteiger partial charge in [-0.15, -0.1) is 0 Å². The Balaban J connectivity index is 2.52. The van der Waals surface area contributed by atoms with E-state index in [1.54, 1.807) is 45.0 Å². The number of ether oxygens (including phenoxy) is 3. The number of rotatable bonds is 3. The largest absolute Gasteiger partial charge is 0.514 e. The molecule has 0 radical (unpaired) electrons. The third kappa shape index (κ3) is 6.58. The Labute approximate surface area is 118 Å². The van der Waals surface area contributed by atoms with Gasteiger partial charge in [0.2, 0.25) is 0 Å². The maximum absolute atomic E-state index is 11.6. The summed E-state index contributed by atoms with van der Waals surface area (Å²) < 4.78 is 14.8. The summed E-state index contributed by atoms with van der Waals surface area (Å²) in [4.78, 5) is 22.9. The molecule has 0 fully saturated rings. The Kier molecular flexibility index (Phi) is 5.32. The van der Waals surface area contributed by atoms with Crippen LogP contribution in [0.4, 0.5) is 4.79 Å². The summed E-state index contributed by atoms with van der Waals surface area (Å²) in [6.45, 7) is 6.63. The first kappa shape index (κ1) is 15.8. The molecule has 0 atom stereocenters. The fourth-order valence-corrected chi connectivity index (χ4v) is 1.23. The average Bonchev–Trinajstić information content (AvgIpc) is 2.26. The fourth-order valence-electron chi connectivity index (χ4n) is 1.23. The second kappa shape index (κ2) is 6.75. The molecule has 5 nitrogen and oxygen atoms in total. The van der Waals surface area contributed by atoms with Gasteiger partial charge in [-0.2, -0.15) is 0 Å². The van der Waals surface area contributed by atoms with Crippen molar-refractivity contribution in [3.63, 3.8) is 0 Å². The zero-order valence-electron chi connectivity index (χ0n) is 12.0. The van der Waals surface area contributed by atoms with Crippen LogP contribution in [0.2, 0.25) is 0 Å². The summed E-state index contributed by atoms with van der Waals surface area (Å²) in [5.74, 6) is -0.115. The molecule has 0 aliphatic carbocycles. The third-order valence-electron chi connectivity index (χ3n) is 1.92. The number of hydrogen-bond donors (Lipinski definition) is 0. The molecule has 0 heterocycles. The van der Waals surface area contributed by atoms with Gasteiger partial charge in [0.1, 0.15) is 17.1 Å². The molecule has 1 rings (SSSR count). The smallest absolute Gasteiger partial charge is 0.428 e. The van der Waals surface area contributed by atoms with E-state index in [2.05, 4.69) is 0 Å². The molecular formula is C15H18O5. The van der Waals surface area contributed by atoms with E-state index in [4.69, 9.17) is 14.2 Å². The Bertz CT molecular complexity index is 497. The fraction of sp³-hybridized carbons (Fsp3) is 0.333. The summed E-state index contributed by atoms with van der Waals surface area (Å²) in [6, 6.07) is 8.60. The molecule has 5 heteroatoms. The molecule has 1 aromatic rings. The highest BCUT2D eigenvalue weighted by molar-refractivity contribution is 5.84. The maximum atomic E-state index is 11.6. The van der Waals surface area contributed by atoms with Gasteiger partial charge in [0.15, 0.2) is 0 Å². The molecule has 0 aromatic heterocycles. The average molecular weight is 278 g/mol. The first-order chi connectivity index (χ1) is 9.26. The van der Waals surface area contributed by atoms with Gasteiger partial charge in [-0.25, -0.2) is 9.59 Å². The van der Waals surface area contributed by atoms with Crippen molar-refractivity contribution in [1.29, 1.82) is 0 Å². The Hall–Kier alpha value is -2.30. The van der Waals surface area contributed by atoms with Crippen LogP contribution in [0.15, 0.2) is 42.2 Å². The molecule has 0 amide bonds.